The van der Waals surface area contributed by atoms with Crippen LogP contribution in [0.3, 0.4) is 0 Å². The highest BCUT2D eigenvalue weighted by Gasteiger charge is 2.09. The van der Waals surface area contributed by atoms with Crippen molar-refractivity contribution in [2.24, 2.45) is 0 Å². The van der Waals surface area contributed by atoms with E-state index in [1.54, 1.807) is 18.2 Å². The SMILES string of the molecule is CCN(CC)CC(=O)Nc1cc(Cl)ccc1N. The third-order valence-corrected chi connectivity index (χ3v) is 2.79. The highest BCUT2D eigenvalue weighted by molar-refractivity contribution is 6.31. The number of anilines is 2. The molecule has 1 aromatic rings. The molecule has 1 aromatic carbocycles. The number of likely N-dealkylation sites (N-methyl/N-ethyl adjacent to an activating group) is 1. The van der Waals surface area contributed by atoms with Crippen molar-refractivity contribution in [3.63, 3.8) is 0 Å². The van der Waals surface area contributed by atoms with Crippen molar-refractivity contribution < 1.29 is 4.79 Å². The van der Waals surface area contributed by atoms with Crippen LogP contribution in [0.15, 0.2) is 18.2 Å². The first-order valence-corrected chi connectivity index (χ1v) is 6.01. The molecule has 4 nitrogen and oxygen atoms in total. The number of carbonyl (C=O) groups excluding carboxylic acids is 1. The fourth-order valence-electron chi connectivity index (χ4n) is 1.48. The van der Waals surface area contributed by atoms with Crippen LogP contribution < -0.4 is 11.1 Å². The standard InChI is InChI=1S/C12H18ClN3O/c1-3-16(4-2)8-12(17)15-11-7-9(13)5-6-10(11)14/h5-7H,3-4,8,14H2,1-2H3,(H,15,17). The fraction of sp³-hybridized carbons (Fsp3) is 0.417. The highest BCUT2D eigenvalue weighted by Crippen LogP contribution is 2.22. The summed E-state index contributed by atoms with van der Waals surface area (Å²) < 4.78 is 0. The molecule has 0 fully saturated rings. The van der Waals surface area contributed by atoms with Crippen molar-refractivity contribution in [3.05, 3.63) is 23.2 Å². The Labute approximate surface area is 107 Å². The summed E-state index contributed by atoms with van der Waals surface area (Å²) in [7, 11) is 0. The lowest BCUT2D eigenvalue weighted by Gasteiger charge is -2.17. The largest absolute Gasteiger partial charge is 0.397 e. The summed E-state index contributed by atoms with van der Waals surface area (Å²) in [5.74, 6) is -0.0809. The van der Waals surface area contributed by atoms with Gasteiger partial charge in [0.1, 0.15) is 0 Å². The summed E-state index contributed by atoms with van der Waals surface area (Å²) in [5, 5.41) is 3.31. The van der Waals surface area contributed by atoms with Crippen LogP contribution in [0.2, 0.25) is 5.02 Å². The van der Waals surface area contributed by atoms with E-state index in [-0.39, 0.29) is 5.91 Å². The van der Waals surface area contributed by atoms with E-state index < -0.39 is 0 Å². The van der Waals surface area contributed by atoms with Gasteiger partial charge in [-0.2, -0.15) is 0 Å². The molecule has 0 aliphatic rings. The minimum atomic E-state index is -0.0809. The molecule has 0 bridgehead atoms. The van der Waals surface area contributed by atoms with Crippen LogP contribution in [0.4, 0.5) is 11.4 Å². The third kappa shape index (κ3) is 4.24. The van der Waals surface area contributed by atoms with E-state index >= 15 is 0 Å². The van der Waals surface area contributed by atoms with Gasteiger partial charge in [0.25, 0.3) is 0 Å². The maximum Gasteiger partial charge on any atom is 0.238 e. The van der Waals surface area contributed by atoms with Gasteiger partial charge in [-0.05, 0) is 31.3 Å². The highest BCUT2D eigenvalue weighted by atomic mass is 35.5. The number of rotatable bonds is 5. The molecule has 0 aromatic heterocycles. The average Bonchev–Trinajstić information content (AvgIpc) is 2.31. The van der Waals surface area contributed by atoms with Gasteiger partial charge in [0.05, 0.1) is 17.9 Å². The van der Waals surface area contributed by atoms with E-state index in [1.165, 1.54) is 0 Å². The van der Waals surface area contributed by atoms with Crippen LogP contribution in [0.25, 0.3) is 0 Å². The first-order chi connectivity index (χ1) is 8.06. The molecule has 0 heterocycles. The van der Waals surface area contributed by atoms with E-state index in [0.717, 1.165) is 13.1 Å². The summed E-state index contributed by atoms with van der Waals surface area (Å²) in [5.41, 5.74) is 6.83. The third-order valence-electron chi connectivity index (χ3n) is 2.55. The molecule has 0 spiro atoms. The Hall–Kier alpha value is -1.26. The predicted molar refractivity (Wildman–Crippen MR) is 72.3 cm³/mol. The van der Waals surface area contributed by atoms with Crippen molar-refractivity contribution in [3.8, 4) is 0 Å². The monoisotopic (exact) mass is 255 g/mol. The summed E-state index contributed by atoms with van der Waals surface area (Å²) >= 11 is 5.84. The quantitative estimate of drug-likeness (QED) is 0.793. The molecule has 5 heteroatoms. The van der Waals surface area contributed by atoms with Gasteiger partial charge >= 0.3 is 0 Å². The molecule has 0 radical (unpaired) electrons. The normalized spacial score (nSPS) is 10.6. The van der Waals surface area contributed by atoms with E-state index in [1.807, 2.05) is 18.7 Å². The van der Waals surface area contributed by atoms with Gasteiger partial charge in [-0.25, -0.2) is 0 Å². The fourth-order valence-corrected chi connectivity index (χ4v) is 1.65. The second-order valence-electron chi connectivity index (χ2n) is 3.74. The Balaban J connectivity index is 2.64. The van der Waals surface area contributed by atoms with E-state index in [9.17, 15) is 4.79 Å². The van der Waals surface area contributed by atoms with Crippen LogP contribution in [0.5, 0.6) is 0 Å². The average molecular weight is 256 g/mol. The zero-order valence-electron chi connectivity index (χ0n) is 10.2. The van der Waals surface area contributed by atoms with Gasteiger partial charge in [-0.1, -0.05) is 25.4 Å². The van der Waals surface area contributed by atoms with E-state index in [4.69, 9.17) is 17.3 Å². The van der Waals surface area contributed by atoms with Gasteiger partial charge in [0, 0.05) is 5.02 Å². The first-order valence-electron chi connectivity index (χ1n) is 5.64. The number of benzene rings is 1. The molecule has 94 valence electrons. The second-order valence-corrected chi connectivity index (χ2v) is 4.18. The Bertz CT molecular complexity index is 391. The van der Waals surface area contributed by atoms with Gasteiger partial charge in [-0.15, -0.1) is 0 Å². The number of carbonyl (C=O) groups is 1. The molecule has 3 N–H and O–H groups in total. The molecule has 0 unspecified atom stereocenters. The van der Waals surface area contributed by atoms with Crippen molar-refractivity contribution in [1.82, 2.24) is 4.90 Å². The molecular weight excluding hydrogens is 238 g/mol. The van der Waals surface area contributed by atoms with Gasteiger partial charge in [-0.3, -0.25) is 9.69 Å². The number of amides is 1. The lowest BCUT2D eigenvalue weighted by atomic mass is 10.2. The van der Waals surface area contributed by atoms with Crippen molar-refractivity contribution in [1.29, 1.82) is 0 Å². The van der Waals surface area contributed by atoms with Crippen molar-refractivity contribution in [2.75, 3.05) is 30.7 Å². The lowest BCUT2D eigenvalue weighted by molar-refractivity contribution is -0.117. The molecule has 0 aliphatic carbocycles. The summed E-state index contributed by atoms with van der Waals surface area (Å²) in [6.07, 6.45) is 0. The molecule has 17 heavy (non-hydrogen) atoms. The smallest absolute Gasteiger partial charge is 0.238 e. The van der Waals surface area contributed by atoms with Gasteiger partial charge in [0.2, 0.25) is 5.91 Å². The number of nitrogens with zero attached hydrogens (tertiary/aromatic N) is 1. The predicted octanol–water partition coefficient (Wildman–Crippen LogP) is 2.20. The Morgan fingerprint density at radius 3 is 2.65 bits per heavy atom. The van der Waals surface area contributed by atoms with Crippen LogP contribution in [0.1, 0.15) is 13.8 Å². The topological polar surface area (TPSA) is 58.4 Å². The first kappa shape index (κ1) is 13.8. The maximum absolute atomic E-state index is 11.8. The number of hydrogen-bond acceptors (Lipinski definition) is 3. The molecule has 0 saturated carbocycles. The number of nitrogens with two attached hydrogens (primary N) is 1. The number of halogens is 1. The second kappa shape index (κ2) is 6.47. The number of nitrogen functional groups attached to an aromatic ring is 1. The zero-order valence-corrected chi connectivity index (χ0v) is 10.9. The molecular formula is C12H18ClN3O. The maximum atomic E-state index is 11.8. The van der Waals surface area contributed by atoms with Crippen molar-refractivity contribution >= 4 is 28.9 Å². The van der Waals surface area contributed by atoms with E-state index in [2.05, 4.69) is 5.32 Å². The van der Waals surface area contributed by atoms with Gasteiger partial charge < -0.3 is 11.1 Å². The Kier molecular flexibility index (Phi) is 5.25. The van der Waals surface area contributed by atoms with Crippen LogP contribution in [0, 0.1) is 0 Å². The minimum Gasteiger partial charge on any atom is -0.397 e. The Morgan fingerprint density at radius 1 is 1.41 bits per heavy atom. The van der Waals surface area contributed by atoms with Crippen LogP contribution >= 0.6 is 11.6 Å². The molecule has 1 amide bonds. The van der Waals surface area contributed by atoms with Crippen LogP contribution in [-0.2, 0) is 4.79 Å². The number of hydrogen-bond donors (Lipinski definition) is 2. The van der Waals surface area contributed by atoms with Crippen LogP contribution in [-0.4, -0.2) is 30.4 Å². The Morgan fingerprint density at radius 2 is 2.06 bits per heavy atom. The minimum absolute atomic E-state index is 0.0809. The summed E-state index contributed by atoms with van der Waals surface area (Å²) in [4.78, 5) is 13.8. The molecule has 0 aliphatic heterocycles. The number of nitrogens with one attached hydrogen (secondary N) is 1. The van der Waals surface area contributed by atoms with E-state index in [0.29, 0.717) is 22.9 Å². The van der Waals surface area contributed by atoms with Crippen molar-refractivity contribution in [2.45, 2.75) is 13.8 Å². The molecule has 0 atom stereocenters. The van der Waals surface area contributed by atoms with Gasteiger partial charge in [0.15, 0.2) is 0 Å². The molecule has 0 saturated heterocycles. The summed E-state index contributed by atoms with van der Waals surface area (Å²) in [6, 6.07) is 5.02. The molecule has 1 rings (SSSR count). The lowest BCUT2D eigenvalue weighted by Crippen LogP contribution is -2.33. The summed E-state index contributed by atoms with van der Waals surface area (Å²) in [6.45, 7) is 6.08. The zero-order chi connectivity index (χ0) is 12.8.